The van der Waals surface area contributed by atoms with E-state index in [-0.39, 0.29) is 34.3 Å². The van der Waals surface area contributed by atoms with Crippen LogP contribution in [0.15, 0.2) is 71.2 Å². The quantitative estimate of drug-likeness (QED) is 0.691. The lowest BCUT2D eigenvalue weighted by atomic mass is 9.80. The molecule has 0 radical (unpaired) electrons. The topological polar surface area (TPSA) is 126 Å². The summed E-state index contributed by atoms with van der Waals surface area (Å²) in [7, 11) is 4.02. The molecule has 2 aliphatic heterocycles. The van der Waals surface area contributed by atoms with E-state index in [0.29, 0.717) is 17.7 Å². The van der Waals surface area contributed by atoms with Gasteiger partial charge in [-0.2, -0.15) is 5.26 Å². The van der Waals surface area contributed by atoms with Crippen molar-refractivity contribution < 1.29 is 23.9 Å². The SMILES string of the molecule is COC(=O)C1=C(C(=O)OC)N(c2cccc3c2C(=O)N(C)C3)C(N)=C(C#N)C1c1ccccc1. The van der Waals surface area contributed by atoms with Crippen molar-refractivity contribution in [3.8, 4) is 6.07 Å². The molecule has 9 nitrogen and oxygen atoms in total. The van der Waals surface area contributed by atoms with E-state index >= 15 is 0 Å². The zero-order valence-electron chi connectivity index (χ0n) is 18.9. The third kappa shape index (κ3) is 3.36. The zero-order valence-corrected chi connectivity index (χ0v) is 18.9. The molecule has 2 heterocycles. The van der Waals surface area contributed by atoms with Crippen molar-refractivity contribution in [2.24, 2.45) is 5.73 Å². The number of carbonyl (C=O) groups excluding carboxylic acids is 3. The number of hydrogen-bond donors (Lipinski definition) is 1. The van der Waals surface area contributed by atoms with Gasteiger partial charge in [0.2, 0.25) is 0 Å². The molecule has 1 atom stereocenters. The summed E-state index contributed by atoms with van der Waals surface area (Å²) in [5.41, 5.74) is 8.13. The molecule has 0 bridgehead atoms. The van der Waals surface area contributed by atoms with E-state index in [2.05, 4.69) is 6.07 Å². The van der Waals surface area contributed by atoms with Crippen LogP contribution in [-0.4, -0.2) is 44.0 Å². The Morgan fingerprint density at radius 3 is 2.35 bits per heavy atom. The predicted molar refractivity (Wildman–Crippen MR) is 122 cm³/mol. The van der Waals surface area contributed by atoms with Crippen molar-refractivity contribution in [1.29, 1.82) is 5.26 Å². The maximum absolute atomic E-state index is 13.2. The fourth-order valence-corrected chi connectivity index (χ4v) is 4.43. The van der Waals surface area contributed by atoms with Crippen LogP contribution in [0.2, 0.25) is 0 Å². The summed E-state index contributed by atoms with van der Waals surface area (Å²) in [5, 5.41) is 10.1. The highest BCUT2D eigenvalue weighted by molar-refractivity contribution is 6.09. The third-order valence-corrected chi connectivity index (χ3v) is 5.95. The van der Waals surface area contributed by atoms with Gasteiger partial charge in [0, 0.05) is 13.6 Å². The molecule has 0 saturated heterocycles. The van der Waals surface area contributed by atoms with Crippen molar-refractivity contribution in [2.45, 2.75) is 12.5 Å². The van der Waals surface area contributed by atoms with Crippen LogP contribution in [0.1, 0.15) is 27.4 Å². The Kier molecular flexibility index (Phi) is 5.82. The molecule has 2 aromatic carbocycles. The standard InChI is InChI=1S/C25H22N4O5/c1-28-13-15-10-7-11-17(19(15)23(28)30)29-21(25(32)34-3)20(24(31)33-2)18(16(12-26)22(29)27)14-8-5-4-6-9-14/h4-11,18H,13,27H2,1-3H3. The van der Waals surface area contributed by atoms with Gasteiger partial charge in [-0.3, -0.25) is 9.69 Å². The van der Waals surface area contributed by atoms with E-state index in [1.165, 1.54) is 24.0 Å². The number of amides is 1. The summed E-state index contributed by atoms with van der Waals surface area (Å²) in [6.07, 6.45) is 0. The van der Waals surface area contributed by atoms with Gasteiger partial charge in [-0.25, -0.2) is 9.59 Å². The van der Waals surface area contributed by atoms with Crippen molar-refractivity contribution >= 4 is 23.5 Å². The molecule has 172 valence electrons. The number of rotatable bonds is 4. The summed E-state index contributed by atoms with van der Waals surface area (Å²) >= 11 is 0. The number of ether oxygens (including phenoxy) is 2. The molecule has 0 fully saturated rings. The number of esters is 2. The zero-order chi connectivity index (χ0) is 24.6. The minimum Gasteiger partial charge on any atom is -0.466 e. The molecule has 34 heavy (non-hydrogen) atoms. The molecule has 2 N–H and O–H groups in total. The van der Waals surface area contributed by atoms with E-state index in [0.717, 1.165) is 5.56 Å². The number of fused-ring (bicyclic) bond motifs is 1. The molecule has 2 aliphatic rings. The number of carbonyl (C=O) groups is 3. The molecule has 0 aliphatic carbocycles. The van der Waals surface area contributed by atoms with Gasteiger partial charge in [0.05, 0.1) is 48.6 Å². The summed E-state index contributed by atoms with van der Waals surface area (Å²) in [6.45, 7) is 0.373. The first-order valence-corrected chi connectivity index (χ1v) is 10.4. The maximum atomic E-state index is 13.2. The van der Waals surface area contributed by atoms with Crippen LogP contribution < -0.4 is 10.6 Å². The minimum atomic E-state index is -0.973. The number of nitriles is 1. The summed E-state index contributed by atoms with van der Waals surface area (Å²) in [6, 6.07) is 16.0. The number of nitrogens with zero attached hydrogens (tertiary/aromatic N) is 3. The fourth-order valence-electron chi connectivity index (χ4n) is 4.43. The van der Waals surface area contributed by atoms with Crippen LogP contribution in [0.25, 0.3) is 0 Å². The van der Waals surface area contributed by atoms with Crippen LogP contribution in [0.5, 0.6) is 0 Å². The lowest BCUT2D eigenvalue weighted by molar-refractivity contribution is -0.139. The monoisotopic (exact) mass is 458 g/mol. The Morgan fingerprint density at radius 1 is 1.06 bits per heavy atom. The molecule has 4 rings (SSSR count). The number of hydrogen-bond acceptors (Lipinski definition) is 8. The molecular formula is C25H22N4O5. The Hall–Kier alpha value is -4.58. The number of nitrogens with two attached hydrogens (primary N) is 1. The number of anilines is 1. The molecule has 1 unspecified atom stereocenters. The molecule has 9 heteroatoms. The predicted octanol–water partition coefficient (Wildman–Crippen LogP) is 2.17. The second-order valence-electron chi connectivity index (χ2n) is 7.81. The highest BCUT2D eigenvalue weighted by atomic mass is 16.5. The van der Waals surface area contributed by atoms with Crippen LogP contribution in [0.4, 0.5) is 5.69 Å². The number of allylic oxidation sites excluding steroid dienone is 1. The largest absolute Gasteiger partial charge is 0.466 e. The molecule has 1 amide bonds. The summed E-state index contributed by atoms with van der Waals surface area (Å²) in [5.74, 6) is -3.02. The van der Waals surface area contributed by atoms with Gasteiger partial charge in [-0.15, -0.1) is 0 Å². The van der Waals surface area contributed by atoms with Gasteiger partial charge in [0.1, 0.15) is 11.5 Å². The Labute approximate surface area is 196 Å². The summed E-state index contributed by atoms with van der Waals surface area (Å²) < 4.78 is 10.1. The smallest absolute Gasteiger partial charge is 0.355 e. The van der Waals surface area contributed by atoms with E-state index in [1.807, 2.05) is 0 Å². The fraction of sp³-hybridized carbons (Fsp3) is 0.200. The lowest BCUT2D eigenvalue weighted by Gasteiger charge is -2.36. The van der Waals surface area contributed by atoms with Gasteiger partial charge in [0.15, 0.2) is 0 Å². The van der Waals surface area contributed by atoms with Gasteiger partial charge in [-0.05, 0) is 17.2 Å². The van der Waals surface area contributed by atoms with Crippen molar-refractivity contribution in [3.63, 3.8) is 0 Å². The first kappa shape index (κ1) is 22.6. The number of benzene rings is 2. The van der Waals surface area contributed by atoms with Crippen LogP contribution in [-0.2, 0) is 25.6 Å². The first-order chi connectivity index (χ1) is 16.3. The van der Waals surface area contributed by atoms with Crippen LogP contribution >= 0.6 is 0 Å². The van der Waals surface area contributed by atoms with Crippen LogP contribution in [0.3, 0.4) is 0 Å². The lowest BCUT2D eigenvalue weighted by Crippen LogP contribution is -2.41. The van der Waals surface area contributed by atoms with Crippen molar-refractivity contribution in [2.75, 3.05) is 26.2 Å². The maximum Gasteiger partial charge on any atom is 0.355 e. The summed E-state index contributed by atoms with van der Waals surface area (Å²) in [4.78, 5) is 42.0. The molecule has 0 saturated carbocycles. The average molecular weight is 458 g/mol. The molecule has 0 spiro atoms. The average Bonchev–Trinajstić information content (AvgIpc) is 3.16. The third-order valence-electron chi connectivity index (χ3n) is 5.95. The van der Waals surface area contributed by atoms with E-state index in [9.17, 15) is 19.6 Å². The van der Waals surface area contributed by atoms with E-state index < -0.39 is 17.9 Å². The van der Waals surface area contributed by atoms with E-state index in [4.69, 9.17) is 15.2 Å². The molecule has 0 aromatic heterocycles. The van der Waals surface area contributed by atoms with Gasteiger partial charge >= 0.3 is 11.9 Å². The van der Waals surface area contributed by atoms with Gasteiger partial charge in [0.25, 0.3) is 5.91 Å². The highest BCUT2D eigenvalue weighted by Crippen LogP contribution is 2.45. The first-order valence-electron chi connectivity index (χ1n) is 10.4. The van der Waals surface area contributed by atoms with Crippen molar-refractivity contribution in [3.05, 3.63) is 87.9 Å². The minimum absolute atomic E-state index is 0.0376. The molecular weight excluding hydrogens is 436 g/mol. The Morgan fingerprint density at radius 2 is 1.74 bits per heavy atom. The van der Waals surface area contributed by atoms with Gasteiger partial charge < -0.3 is 20.1 Å². The van der Waals surface area contributed by atoms with E-state index in [1.54, 1.807) is 55.6 Å². The Bertz CT molecular complexity index is 1310. The van der Waals surface area contributed by atoms with Crippen molar-refractivity contribution in [1.82, 2.24) is 4.90 Å². The second kappa shape index (κ2) is 8.75. The molecule has 2 aromatic rings. The highest BCUT2D eigenvalue weighted by Gasteiger charge is 2.44. The normalized spacial score (nSPS) is 17.5. The van der Waals surface area contributed by atoms with Crippen LogP contribution in [0, 0.1) is 11.3 Å². The second-order valence-corrected chi connectivity index (χ2v) is 7.81. The Balaban J connectivity index is 2.10. The number of methoxy groups -OCH3 is 2. The van der Waals surface area contributed by atoms with Gasteiger partial charge in [-0.1, -0.05) is 42.5 Å².